The van der Waals surface area contributed by atoms with Gasteiger partial charge in [-0.3, -0.25) is 4.79 Å². The molecule has 0 saturated carbocycles. The molecule has 1 saturated heterocycles. The summed E-state index contributed by atoms with van der Waals surface area (Å²) in [5, 5.41) is 3.30. The number of aryl methyl sites for hydroxylation is 1. The quantitative estimate of drug-likeness (QED) is 0.748. The molecule has 0 spiro atoms. The predicted molar refractivity (Wildman–Crippen MR) is 96.4 cm³/mol. The molecule has 1 aliphatic heterocycles. The minimum atomic E-state index is 0.00703. The van der Waals surface area contributed by atoms with Gasteiger partial charge in [-0.2, -0.15) is 0 Å². The Morgan fingerprint density at radius 2 is 1.96 bits per heavy atom. The van der Waals surface area contributed by atoms with E-state index in [9.17, 15) is 4.79 Å². The highest BCUT2D eigenvalue weighted by Crippen LogP contribution is 2.11. The number of nitrogens with one attached hydrogen (secondary N) is 1. The van der Waals surface area contributed by atoms with Crippen molar-refractivity contribution in [1.29, 1.82) is 0 Å². The van der Waals surface area contributed by atoms with E-state index in [2.05, 4.69) is 46.1 Å². The molecule has 2 heterocycles. The van der Waals surface area contributed by atoms with Crippen LogP contribution in [0.3, 0.4) is 0 Å². The van der Waals surface area contributed by atoms with Gasteiger partial charge in [-0.05, 0) is 40.5 Å². The number of amides is 1. The first-order valence-electron chi connectivity index (χ1n) is 8.75. The Bertz CT molecular complexity index is 540. The van der Waals surface area contributed by atoms with Crippen LogP contribution < -0.4 is 5.32 Å². The summed E-state index contributed by atoms with van der Waals surface area (Å²) in [6.07, 6.45) is 1.03. The van der Waals surface area contributed by atoms with E-state index in [0.29, 0.717) is 11.5 Å². The Balaban J connectivity index is 1.95. The second kappa shape index (κ2) is 8.94. The highest BCUT2D eigenvalue weighted by Gasteiger charge is 2.22. The first-order chi connectivity index (χ1) is 11.5. The van der Waals surface area contributed by atoms with Crippen molar-refractivity contribution in [3.8, 4) is 0 Å². The van der Waals surface area contributed by atoms with Crippen molar-refractivity contribution in [2.45, 2.75) is 20.3 Å². The molecule has 7 nitrogen and oxygen atoms in total. The second-order valence-corrected chi connectivity index (χ2v) is 6.50. The Kier molecular flexibility index (Phi) is 6.93. The maximum absolute atomic E-state index is 12.7. The predicted octanol–water partition coefficient (Wildman–Crippen LogP) is 0.926. The van der Waals surface area contributed by atoms with E-state index in [1.54, 1.807) is 6.07 Å². The third-order valence-electron chi connectivity index (χ3n) is 4.25. The normalized spacial score (nSPS) is 15.8. The Morgan fingerprint density at radius 1 is 1.25 bits per heavy atom. The number of rotatable bonds is 7. The van der Waals surface area contributed by atoms with Crippen LogP contribution in [0, 0.1) is 6.92 Å². The fourth-order valence-corrected chi connectivity index (χ4v) is 2.81. The zero-order valence-corrected chi connectivity index (χ0v) is 15.4. The molecule has 0 bridgehead atoms. The van der Waals surface area contributed by atoms with E-state index < -0.39 is 0 Å². The molecule has 1 amide bonds. The lowest BCUT2D eigenvalue weighted by atomic mass is 10.2. The number of hydrogen-bond acceptors (Lipinski definition) is 6. The number of nitrogens with zero attached hydrogens (tertiary/aromatic N) is 5. The zero-order chi connectivity index (χ0) is 17.5. The molecule has 7 heteroatoms. The van der Waals surface area contributed by atoms with Crippen molar-refractivity contribution in [2.75, 3.05) is 65.2 Å². The minimum absolute atomic E-state index is 0.00703. The summed E-state index contributed by atoms with van der Waals surface area (Å²) < 4.78 is 0. The molecule has 1 aromatic rings. The van der Waals surface area contributed by atoms with Gasteiger partial charge in [0.05, 0.1) is 0 Å². The molecule has 0 aromatic carbocycles. The van der Waals surface area contributed by atoms with E-state index in [0.717, 1.165) is 58.1 Å². The molecule has 24 heavy (non-hydrogen) atoms. The van der Waals surface area contributed by atoms with Gasteiger partial charge in [0.15, 0.2) is 0 Å². The number of hydrogen-bond donors (Lipinski definition) is 1. The molecule has 134 valence electrons. The van der Waals surface area contributed by atoms with Crippen molar-refractivity contribution in [3.63, 3.8) is 0 Å². The lowest BCUT2D eigenvalue weighted by Crippen LogP contribution is -2.48. The molecule has 0 unspecified atom stereocenters. The highest BCUT2D eigenvalue weighted by atomic mass is 16.2. The monoisotopic (exact) mass is 334 g/mol. The van der Waals surface area contributed by atoms with Gasteiger partial charge in [-0.15, -0.1) is 0 Å². The molecule has 1 aromatic heterocycles. The van der Waals surface area contributed by atoms with Gasteiger partial charge >= 0.3 is 0 Å². The van der Waals surface area contributed by atoms with Crippen LogP contribution in [0.5, 0.6) is 0 Å². The summed E-state index contributed by atoms with van der Waals surface area (Å²) in [7, 11) is 4.12. The van der Waals surface area contributed by atoms with Gasteiger partial charge in [0.2, 0.25) is 0 Å². The van der Waals surface area contributed by atoms with E-state index in [1.807, 2.05) is 11.8 Å². The number of likely N-dealkylation sites (N-methyl/N-ethyl adjacent to an activating group) is 1. The molecule has 1 N–H and O–H groups in total. The second-order valence-electron chi connectivity index (χ2n) is 6.50. The van der Waals surface area contributed by atoms with Crippen molar-refractivity contribution in [3.05, 3.63) is 17.6 Å². The van der Waals surface area contributed by atoms with Gasteiger partial charge in [-0.25, -0.2) is 9.97 Å². The summed E-state index contributed by atoms with van der Waals surface area (Å²) in [6.45, 7) is 10.3. The standard InChI is InChI=1S/C17H30N6O/c1-5-22-9-11-23(12-10-22)17(24)15-13-16(20-14(2)19-15)18-7-6-8-21(3)4/h13H,5-12H2,1-4H3,(H,18,19,20). The molecule has 1 fully saturated rings. The van der Waals surface area contributed by atoms with Gasteiger partial charge < -0.3 is 20.0 Å². The van der Waals surface area contributed by atoms with Gasteiger partial charge in [0.1, 0.15) is 17.3 Å². The molecule has 2 rings (SSSR count). The Morgan fingerprint density at radius 3 is 2.58 bits per heavy atom. The third kappa shape index (κ3) is 5.42. The fourth-order valence-electron chi connectivity index (χ4n) is 2.81. The highest BCUT2D eigenvalue weighted by molar-refractivity contribution is 5.93. The van der Waals surface area contributed by atoms with E-state index in [1.165, 1.54) is 0 Å². The van der Waals surface area contributed by atoms with Crippen LogP contribution in [0.15, 0.2) is 6.07 Å². The van der Waals surface area contributed by atoms with Gasteiger partial charge in [-0.1, -0.05) is 6.92 Å². The molecule has 1 aliphatic rings. The molecule has 0 aliphatic carbocycles. The van der Waals surface area contributed by atoms with Crippen LogP contribution in [-0.2, 0) is 0 Å². The fraction of sp³-hybridized carbons (Fsp3) is 0.706. The Labute approximate surface area is 145 Å². The van der Waals surface area contributed by atoms with Gasteiger partial charge in [0, 0.05) is 38.8 Å². The SMILES string of the molecule is CCN1CCN(C(=O)c2cc(NCCCN(C)C)nc(C)n2)CC1. The van der Waals surface area contributed by atoms with E-state index in [4.69, 9.17) is 0 Å². The summed E-state index contributed by atoms with van der Waals surface area (Å²) in [4.78, 5) is 27.8. The van der Waals surface area contributed by atoms with Crippen LogP contribution in [0.2, 0.25) is 0 Å². The van der Waals surface area contributed by atoms with Crippen LogP contribution in [0.1, 0.15) is 29.7 Å². The minimum Gasteiger partial charge on any atom is -0.370 e. The number of anilines is 1. The van der Waals surface area contributed by atoms with Crippen LogP contribution in [0.25, 0.3) is 0 Å². The van der Waals surface area contributed by atoms with Crippen molar-refractivity contribution in [2.24, 2.45) is 0 Å². The van der Waals surface area contributed by atoms with Gasteiger partial charge in [0.25, 0.3) is 5.91 Å². The lowest BCUT2D eigenvalue weighted by Gasteiger charge is -2.33. The number of piperazine rings is 1. The topological polar surface area (TPSA) is 64.6 Å². The number of carbonyl (C=O) groups is 1. The molecule has 0 atom stereocenters. The van der Waals surface area contributed by atoms with Crippen molar-refractivity contribution < 1.29 is 4.79 Å². The number of aromatic nitrogens is 2. The first kappa shape index (κ1) is 18.6. The summed E-state index contributed by atoms with van der Waals surface area (Å²) >= 11 is 0. The van der Waals surface area contributed by atoms with E-state index >= 15 is 0 Å². The van der Waals surface area contributed by atoms with Crippen molar-refractivity contribution >= 4 is 11.7 Å². The molecular formula is C17H30N6O. The van der Waals surface area contributed by atoms with Crippen LogP contribution in [0.4, 0.5) is 5.82 Å². The number of carbonyl (C=O) groups excluding carboxylic acids is 1. The summed E-state index contributed by atoms with van der Waals surface area (Å²) in [6, 6.07) is 1.77. The molecular weight excluding hydrogens is 304 g/mol. The van der Waals surface area contributed by atoms with E-state index in [-0.39, 0.29) is 5.91 Å². The smallest absolute Gasteiger partial charge is 0.272 e. The van der Waals surface area contributed by atoms with Crippen molar-refractivity contribution in [1.82, 2.24) is 24.7 Å². The zero-order valence-electron chi connectivity index (χ0n) is 15.4. The Hall–Kier alpha value is -1.73. The maximum atomic E-state index is 12.7. The lowest BCUT2D eigenvalue weighted by molar-refractivity contribution is 0.0637. The largest absolute Gasteiger partial charge is 0.370 e. The van der Waals surface area contributed by atoms with Crippen LogP contribution >= 0.6 is 0 Å². The third-order valence-corrected chi connectivity index (χ3v) is 4.25. The average Bonchev–Trinajstić information content (AvgIpc) is 2.57. The summed E-state index contributed by atoms with van der Waals surface area (Å²) in [5.74, 6) is 1.37. The van der Waals surface area contributed by atoms with Crippen LogP contribution in [-0.4, -0.2) is 90.5 Å². The first-order valence-corrected chi connectivity index (χ1v) is 8.75. The maximum Gasteiger partial charge on any atom is 0.272 e. The molecule has 0 radical (unpaired) electrons. The average molecular weight is 334 g/mol. The summed E-state index contributed by atoms with van der Waals surface area (Å²) in [5.41, 5.74) is 0.488.